The number of hydrogen-bond donors (Lipinski definition) is 4. The van der Waals surface area contributed by atoms with Crippen molar-refractivity contribution in [2.24, 2.45) is 11.8 Å². The molecule has 1 aliphatic carbocycles. The Kier molecular flexibility index (Phi) is 12.4. The zero-order valence-electron chi connectivity index (χ0n) is 22.4. The second kappa shape index (κ2) is 15.2. The molecule has 0 bridgehead atoms. The van der Waals surface area contributed by atoms with Gasteiger partial charge in [0.1, 0.15) is 17.7 Å². The molecule has 3 rings (SSSR count). The Morgan fingerprint density at radius 1 is 1.10 bits per heavy atom. The topological polar surface area (TPSA) is 116 Å². The van der Waals surface area contributed by atoms with Crippen LogP contribution in [0.2, 0.25) is 0 Å². The number of rotatable bonds is 10. The van der Waals surface area contributed by atoms with E-state index in [-0.39, 0.29) is 18.3 Å². The van der Waals surface area contributed by atoms with Gasteiger partial charge in [0.15, 0.2) is 0 Å². The van der Waals surface area contributed by atoms with Gasteiger partial charge in [-0.05, 0) is 55.7 Å². The Hall–Kier alpha value is -3.44. The summed E-state index contributed by atoms with van der Waals surface area (Å²) in [5.41, 5.74) is 1.57. The van der Waals surface area contributed by atoms with Gasteiger partial charge >= 0.3 is 12.1 Å². The van der Waals surface area contributed by atoms with Gasteiger partial charge < -0.3 is 21.1 Å². The van der Waals surface area contributed by atoms with Gasteiger partial charge in [-0.25, -0.2) is 14.2 Å². The number of aryl methyl sites for hydroxylation is 1. The van der Waals surface area contributed by atoms with Gasteiger partial charge in [-0.15, -0.1) is 0 Å². The normalized spacial score (nSPS) is 14.7. The molecule has 2 aromatic rings. The lowest BCUT2D eigenvalue weighted by Gasteiger charge is -2.23. The number of carboxylic acids is 1. The molecule has 1 saturated carbocycles. The zero-order chi connectivity index (χ0) is 29.0. The molecule has 0 saturated heterocycles. The summed E-state index contributed by atoms with van der Waals surface area (Å²) in [6.45, 7) is 7.25. The summed E-state index contributed by atoms with van der Waals surface area (Å²) >= 11 is 0. The van der Waals surface area contributed by atoms with E-state index in [4.69, 9.17) is 9.90 Å². The number of carbonyl (C=O) groups is 2. The van der Waals surface area contributed by atoms with Gasteiger partial charge in [0.25, 0.3) is 0 Å². The molecule has 8 nitrogen and oxygen atoms in total. The Labute approximate surface area is 226 Å². The van der Waals surface area contributed by atoms with Crippen LogP contribution < -0.4 is 16.0 Å². The molecule has 1 fully saturated rings. The number of halogens is 4. The van der Waals surface area contributed by atoms with Crippen LogP contribution >= 0.6 is 0 Å². The minimum atomic E-state index is -5.08. The number of carbonyl (C=O) groups excluding carboxylic acids is 1. The lowest BCUT2D eigenvalue weighted by molar-refractivity contribution is -0.192. The van der Waals surface area contributed by atoms with Gasteiger partial charge in [0.2, 0.25) is 11.9 Å². The quantitative estimate of drug-likeness (QED) is 0.278. The van der Waals surface area contributed by atoms with Gasteiger partial charge in [-0.2, -0.15) is 18.2 Å². The molecule has 1 aromatic heterocycles. The Morgan fingerprint density at radius 2 is 1.77 bits per heavy atom. The lowest BCUT2D eigenvalue weighted by atomic mass is 9.89. The van der Waals surface area contributed by atoms with Crippen LogP contribution in [0.5, 0.6) is 0 Å². The highest BCUT2D eigenvalue weighted by molar-refractivity contribution is 5.84. The number of aliphatic carboxylic acids is 1. The average Bonchev–Trinajstić information content (AvgIpc) is 2.85. The van der Waals surface area contributed by atoms with Crippen LogP contribution in [0.4, 0.5) is 29.3 Å². The summed E-state index contributed by atoms with van der Waals surface area (Å²) in [4.78, 5) is 30.9. The van der Waals surface area contributed by atoms with Gasteiger partial charge in [-0.1, -0.05) is 45.2 Å². The van der Waals surface area contributed by atoms with E-state index in [1.54, 1.807) is 12.1 Å². The van der Waals surface area contributed by atoms with E-state index in [2.05, 4.69) is 39.8 Å². The number of aromatic nitrogens is 2. The van der Waals surface area contributed by atoms with E-state index in [0.717, 1.165) is 17.8 Å². The van der Waals surface area contributed by atoms with Crippen LogP contribution in [-0.4, -0.2) is 45.7 Å². The van der Waals surface area contributed by atoms with Crippen LogP contribution in [0.15, 0.2) is 30.3 Å². The van der Waals surface area contributed by atoms with Crippen LogP contribution in [0, 0.1) is 24.6 Å². The molecule has 0 spiro atoms. The second-order valence-electron chi connectivity index (χ2n) is 10.1. The third-order valence-corrected chi connectivity index (χ3v) is 6.07. The number of benzene rings is 1. The first-order valence-electron chi connectivity index (χ1n) is 13.0. The maximum Gasteiger partial charge on any atom is 0.490 e. The first-order valence-corrected chi connectivity index (χ1v) is 13.0. The molecule has 1 aliphatic rings. The van der Waals surface area contributed by atoms with E-state index in [1.165, 1.54) is 44.2 Å². The van der Waals surface area contributed by atoms with Gasteiger partial charge in [-0.3, -0.25) is 4.79 Å². The number of nitrogens with one attached hydrogen (secondary N) is 3. The molecular formula is C27H37F4N5O3. The molecule has 4 N–H and O–H groups in total. The van der Waals surface area contributed by atoms with Crippen molar-refractivity contribution in [1.82, 2.24) is 15.3 Å². The Morgan fingerprint density at radius 3 is 2.36 bits per heavy atom. The number of hydrogen-bond acceptors (Lipinski definition) is 6. The molecule has 1 atom stereocenters. The average molecular weight is 556 g/mol. The van der Waals surface area contributed by atoms with Crippen molar-refractivity contribution in [3.63, 3.8) is 0 Å². The number of alkyl halides is 3. The summed E-state index contributed by atoms with van der Waals surface area (Å²) in [6, 6.07) is 7.69. The van der Waals surface area contributed by atoms with E-state index >= 15 is 0 Å². The fourth-order valence-corrected chi connectivity index (χ4v) is 4.19. The van der Waals surface area contributed by atoms with Crippen molar-refractivity contribution < 1.29 is 32.3 Å². The van der Waals surface area contributed by atoms with Crippen molar-refractivity contribution >= 4 is 23.6 Å². The third-order valence-electron chi connectivity index (χ3n) is 6.07. The Balaban J connectivity index is 0.000000673. The van der Waals surface area contributed by atoms with Crippen molar-refractivity contribution in [3.8, 4) is 0 Å². The molecule has 0 aliphatic heterocycles. The maximum atomic E-state index is 13.4. The SMILES string of the molecule is Cc1cc(N[C@@H](CC(C)C)C(=O)NCc2cccc(F)c2)nc(NCC2CCCCC2)n1.O=C(O)C(F)(F)F. The summed E-state index contributed by atoms with van der Waals surface area (Å²) in [6.07, 6.45) is 2.02. The number of amides is 1. The largest absolute Gasteiger partial charge is 0.490 e. The first-order chi connectivity index (χ1) is 18.3. The molecule has 1 amide bonds. The number of carboxylic acid groups (broad SMARTS) is 1. The molecule has 0 radical (unpaired) electrons. The van der Waals surface area contributed by atoms with E-state index < -0.39 is 18.2 Å². The maximum absolute atomic E-state index is 13.4. The van der Waals surface area contributed by atoms with E-state index in [9.17, 15) is 22.4 Å². The van der Waals surface area contributed by atoms with Crippen molar-refractivity contribution in [2.45, 2.75) is 78.1 Å². The second-order valence-corrected chi connectivity index (χ2v) is 10.1. The van der Waals surface area contributed by atoms with Crippen LogP contribution in [0.3, 0.4) is 0 Å². The smallest absolute Gasteiger partial charge is 0.475 e. The van der Waals surface area contributed by atoms with Crippen LogP contribution in [0.25, 0.3) is 0 Å². The standard InChI is InChI=1S/C25H36FN5O.C2HF3O2/c1-17(2)12-22(24(32)27-16-20-10-7-11-21(26)14-20)30-23-13-18(3)29-25(31-23)28-15-19-8-5-4-6-9-19;3-2(4,5)1(6)7/h7,10-11,13-14,17,19,22H,4-6,8-9,12,15-16H2,1-3H3,(H,27,32)(H2,28,29,30,31);(H,6,7)/t22-;/m0./s1. The van der Waals surface area contributed by atoms with Gasteiger partial charge in [0, 0.05) is 24.8 Å². The predicted octanol–water partition coefficient (Wildman–Crippen LogP) is 5.69. The molecule has 1 aromatic carbocycles. The first kappa shape index (κ1) is 31.8. The highest BCUT2D eigenvalue weighted by Crippen LogP contribution is 2.24. The van der Waals surface area contributed by atoms with Crippen LogP contribution in [0.1, 0.15) is 63.6 Å². The lowest BCUT2D eigenvalue weighted by Crippen LogP contribution is -2.40. The Bertz CT molecular complexity index is 1080. The number of anilines is 2. The fourth-order valence-electron chi connectivity index (χ4n) is 4.19. The highest BCUT2D eigenvalue weighted by Gasteiger charge is 2.38. The van der Waals surface area contributed by atoms with Crippen molar-refractivity contribution in [2.75, 3.05) is 17.2 Å². The third kappa shape index (κ3) is 12.3. The fraction of sp³-hybridized carbons (Fsp3) is 0.556. The molecule has 0 unspecified atom stereocenters. The van der Waals surface area contributed by atoms with E-state index in [0.29, 0.717) is 30.0 Å². The van der Waals surface area contributed by atoms with Crippen molar-refractivity contribution in [1.29, 1.82) is 0 Å². The molecule has 12 heteroatoms. The molecule has 216 valence electrons. The minimum absolute atomic E-state index is 0.129. The van der Waals surface area contributed by atoms with Crippen molar-refractivity contribution in [3.05, 3.63) is 47.4 Å². The minimum Gasteiger partial charge on any atom is -0.475 e. The zero-order valence-corrected chi connectivity index (χ0v) is 22.4. The van der Waals surface area contributed by atoms with Gasteiger partial charge in [0.05, 0.1) is 0 Å². The highest BCUT2D eigenvalue weighted by atomic mass is 19.4. The van der Waals surface area contributed by atoms with E-state index in [1.807, 2.05) is 13.0 Å². The molecule has 39 heavy (non-hydrogen) atoms. The summed E-state index contributed by atoms with van der Waals surface area (Å²) in [7, 11) is 0. The summed E-state index contributed by atoms with van der Waals surface area (Å²) in [5, 5.41) is 16.7. The van der Waals surface area contributed by atoms with Crippen LogP contribution in [-0.2, 0) is 16.1 Å². The predicted molar refractivity (Wildman–Crippen MR) is 141 cm³/mol. The molecular weight excluding hydrogens is 518 g/mol. The summed E-state index contributed by atoms with van der Waals surface area (Å²) in [5.74, 6) is -0.968. The molecule has 1 heterocycles. The number of nitrogens with zero attached hydrogens (tertiary/aromatic N) is 2. The monoisotopic (exact) mass is 555 g/mol. The summed E-state index contributed by atoms with van der Waals surface area (Å²) < 4.78 is 45.2.